The molecule has 2 N–H and O–H groups in total. The molecular weight excluding hydrogens is 403 g/mol. The summed E-state index contributed by atoms with van der Waals surface area (Å²) >= 11 is 11.9. The third kappa shape index (κ3) is 6.25. The Morgan fingerprint density at radius 2 is 1.82 bits per heavy atom. The molecule has 0 saturated carbocycles. The maximum absolute atomic E-state index is 12.2. The van der Waals surface area contributed by atoms with Crippen molar-refractivity contribution in [1.82, 2.24) is 5.32 Å². The topological polar surface area (TPSA) is 84.5 Å². The van der Waals surface area contributed by atoms with Gasteiger partial charge >= 0.3 is 5.97 Å². The molecule has 0 spiro atoms. The Balaban J connectivity index is 1.79. The molecule has 2 aromatic rings. The van der Waals surface area contributed by atoms with Gasteiger partial charge in [0.1, 0.15) is 0 Å². The average Bonchev–Trinajstić information content (AvgIpc) is 2.64. The molecule has 0 radical (unpaired) electrons. The van der Waals surface area contributed by atoms with Crippen molar-refractivity contribution < 1.29 is 19.1 Å². The van der Waals surface area contributed by atoms with Gasteiger partial charge in [-0.15, -0.1) is 0 Å². The Bertz CT molecular complexity index is 886. The van der Waals surface area contributed by atoms with Gasteiger partial charge in [-0.25, -0.2) is 0 Å². The van der Waals surface area contributed by atoms with E-state index in [1.54, 1.807) is 24.3 Å². The average molecular weight is 423 g/mol. The Labute approximate surface area is 173 Å². The molecule has 0 fully saturated rings. The Hall–Kier alpha value is -2.57. The lowest BCUT2D eigenvalue weighted by molar-refractivity contribution is -0.153. The number of halogens is 2. The molecular formula is C20H20Cl2N2O4. The number of benzene rings is 2. The van der Waals surface area contributed by atoms with E-state index in [1.165, 1.54) is 13.0 Å². The first-order chi connectivity index (χ1) is 13.3. The predicted octanol–water partition coefficient (Wildman–Crippen LogP) is 3.99. The van der Waals surface area contributed by atoms with Crippen LogP contribution < -0.4 is 10.6 Å². The molecule has 148 valence electrons. The van der Waals surface area contributed by atoms with Crippen LogP contribution in [-0.2, 0) is 14.3 Å². The van der Waals surface area contributed by atoms with Crippen LogP contribution in [-0.4, -0.2) is 30.4 Å². The van der Waals surface area contributed by atoms with Gasteiger partial charge in [0.25, 0.3) is 11.8 Å². The van der Waals surface area contributed by atoms with Gasteiger partial charge in [-0.2, -0.15) is 0 Å². The van der Waals surface area contributed by atoms with Crippen LogP contribution in [0.3, 0.4) is 0 Å². The normalized spacial score (nSPS) is 11.4. The molecule has 1 unspecified atom stereocenters. The van der Waals surface area contributed by atoms with E-state index in [-0.39, 0.29) is 18.9 Å². The molecule has 0 aromatic heterocycles. The van der Waals surface area contributed by atoms with Gasteiger partial charge in [0.05, 0.1) is 17.1 Å². The zero-order valence-corrected chi connectivity index (χ0v) is 16.9. The van der Waals surface area contributed by atoms with Crippen LogP contribution in [0.15, 0.2) is 42.5 Å². The van der Waals surface area contributed by atoms with Gasteiger partial charge < -0.3 is 15.4 Å². The number of rotatable bonds is 7. The van der Waals surface area contributed by atoms with Gasteiger partial charge in [-0.3, -0.25) is 14.4 Å². The third-order valence-corrected chi connectivity index (χ3v) is 4.43. The maximum atomic E-state index is 12.2. The summed E-state index contributed by atoms with van der Waals surface area (Å²) in [5.74, 6) is -1.42. The fourth-order valence-electron chi connectivity index (χ4n) is 2.34. The maximum Gasteiger partial charge on any atom is 0.308 e. The monoisotopic (exact) mass is 422 g/mol. The summed E-state index contributed by atoms with van der Waals surface area (Å²) in [6, 6.07) is 11.8. The lowest BCUT2D eigenvalue weighted by atomic mass is 10.1. The zero-order valence-electron chi connectivity index (χ0n) is 15.4. The van der Waals surface area contributed by atoms with Crippen molar-refractivity contribution >= 4 is 46.7 Å². The van der Waals surface area contributed by atoms with E-state index in [4.69, 9.17) is 27.9 Å². The largest absolute Gasteiger partial charge is 0.452 e. The van der Waals surface area contributed by atoms with E-state index < -0.39 is 18.0 Å². The van der Waals surface area contributed by atoms with Crippen molar-refractivity contribution in [2.24, 2.45) is 0 Å². The van der Waals surface area contributed by atoms with Crippen molar-refractivity contribution in [2.45, 2.75) is 26.4 Å². The SMILES string of the molecule is Cc1ccccc1C(=O)NCCC(=O)OC(C)C(=O)Nc1cc(Cl)ccc1Cl. The van der Waals surface area contributed by atoms with E-state index in [2.05, 4.69) is 10.6 Å². The summed E-state index contributed by atoms with van der Waals surface area (Å²) in [5, 5.41) is 5.94. The molecule has 0 aliphatic heterocycles. The molecule has 8 heteroatoms. The number of carbonyl (C=O) groups is 3. The number of esters is 1. The van der Waals surface area contributed by atoms with E-state index in [0.29, 0.717) is 21.3 Å². The molecule has 0 heterocycles. The highest BCUT2D eigenvalue weighted by Crippen LogP contribution is 2.25. The summed E-state index contributed by atoms with van der Waals surface area (Å²) in [7, 11) is 0. The molecule has 2 aromatic carbocycles. The fourth-order valence-corrected chi connectivity index (χ4v) is 2.68. The van der Waals surface area contributed by atoms with Gasteiger partial charge in [-0.05, 0) is 43.7 Å². The molecule has 6 nitrogen and oxygen atoms in total. The van der Waals surface area contributed by atoms with Gasteiger partial charge in [0.2, 0.25) is 0 Å². The van der Waals surface area contributed by atoms with Crippen LogP contribution in [0.1, 0.15) is 29.3 Å². The molecule has 0 saturated heterocycles. The lowest BCUT2D eigenvalue weighted by Crippen LogP contribution is -2.32. The Kier molecular flexibility index (Phi) is 7.84. The molecule has 2 amide bonds. The minimum absolute atomic E-state index is 0.0623. The first-order valence-electron chi connectivity index (χ1n) is 8.57. The highest BCUT2D eigenvalue weighted by Gasteiger charge is 2.19. The molecule has 0 aliphatic rings. The van der Waals surface area contributed by atoms with Crippen LogP contribution in [0.25, 0.3) is 0 Å². The third-order valence-electron chi connectivity index (χ3n) is 3.87. The Morgan fingerprint density at radius 1 is 1.11 bits per heavy atom. The summed E-state index contributed by atoms with van der Waals surface area (Å²) < 4.78 is 5.09. The number of nitrogens with one attached hydrogen (secondary N) is 2. The minimum atomic E-state index is -1.03. The first-order valence-corrected chi connectivity index (χ1v) is 9.32. The number of hydrogen-bond donors (Lipinski definition) is 2. The number of aryl methyl sites for hydroxylation is 1. The number of hydrogen-bond acceptors (Lipinski definition) is 4. The van der Waals surface area contributed by atoms with E-state index in [9.17, 15) is 14.4 Å². The van der Waals surface area contributed by atoms with E-state index >= 15 is 0 Å². The number of ether oxygens (including phenoxy) is 1. The van der Waals surface area contributed by atoms with Crippen LogP contribution in [0.2, 0.25) is 10.0 Å². The van der Waals surface area contributed by atoms with Crippen molar-refractivity contribution in [3.63, 3.8) is 0 Å². The summed E-state index contributed by atoms with van der Waals surface area (Å²) in [6.07, 6.45) is -1.10. The van der Waals surface area contributed by atoms with Crippen molar-refractivity contribution in [1.29, 1.82) is 0 Å². The van der Waals surface area contributed by atoms with Crippen LogP contribution in [0.4, 0.5) is 5.69 Å². The number of carbonyl (C=O) groups excluding carboxylic acids is 3. The second-order valence-electron chi connectivity index (χ2n) is 6.07. The number of amides is 2. The number of anilines is 1. The summed E-state index contributed by atoms with van der Waals surface area (Å²) in [5.41, 5.74) is 1.71. The minimum Gasteiger partial charge on any atom is -0.452 e. The molecule has 0 bridgehead atoms. The predicted molar refractivity (Wildman–Crippen MR) is 109 cm³/mol. The second-order valence-corrected chi connectivity index (χ2v) is 6.91. The highest BCUT2D eigenvalue weighted by atomic mass is 35.5. The van der Waals surface area contributed by atoms with Crippen LogP contribution in [0, 0.1) is 6.92 Å². The van der Waals surface area contributed by atoms with Gasteiger partial charge in [0, 0.05) is 17.1 Å². The Morgan fingerprint density at radius 3 is 2.54 bits per heavy atom. The lowest BCUT2D eigenvalue weighted by Gasteiger charge is -2.14. The van der Waals surface area contributed by atoms with Gasteiger partial charge in [0.15, 0.2) is 6.10 Å². The first kappa shape index (κ1) is 21.7. The summed E-state index contributed by atoms with van der Waals surface area (Å²) in [6.45, 7) is 3.37. The zero-order chi connectivity index (χ0) is 20.7. The highest BCUT2D eigenvalue weighted by molar-refractivity contribution is 6.35. The fraction of sp³-hybridized carbons (Fsp3) is 0.250. The molecule has 2 rings (SSSR count). The van der Waals surface area contributed by atoms with Gasteiger partial charge in [-0.1, -0.05) is 41.4 Å². The van der Waals surface area contributed by atoms with Crippen molar-refractivity contribution in [2.75, 3.05) is 11.9 Å². The van der Waals surface area contributed by atoms with E-state index in [0.717, 1.165) is 5.56 Å². The van der Waals surface area contributed by atoms with Crippen molar-refractivity contribution in [3.8, 4) is 0 Å². The second kappa shape index (κ2) is 10.1. The standard InChI is InChI=1S/C20H20Cl2N2O4/c1-12-5-3-4-6-15(12)20(27)23-10-9-18(25)28-13(2)19(26)24-17-11-14(21)7-8-16(17)22/h3-8,11,13H,9-10H2,1-2H3,(H,23,27)(H,24,26). The molecule has 1 atom stereocenters. The van der Waals surface area contributed by atoms with Crippen LogP contribution >= 0.6 is 23.2 Å². The molecule has 28 heavy (non-hydrogen) atoms. The quantitative estimate of drug-likeness (QED) is 0.660. The summed E-state index contributed by atoms with van der Waals surface area (Å²) in [4.78, 5) is 36.2. The van der Waals surface area contributed by atoms with E-state index in [1.807, 2.05) is 19.1 Å². The van der Waals surface area contributed by atoms with Crippen molar-refractivity contribution in [3.05, 3.63) is 63.6 Å². The smallest absolute Gasteiger partial charge is 0.308 e. The molecule has 0 aliphatic carbocycles. The van der Waals surface area contributed by atoms with Crippen LogP contribution in [0.5, 0.6) is 0 Å².